The quantitative estimate of drug-likeness (QED) is 0.864. The Hall–Kier alpha value is -1.95. The van der Waals surface area contributed by atoms with Crippen molar-refractivity contribution in [2.75, 3.05) is 0 Å². The first-order chi connectivity index (χ1) is 9.00. The molecule has 0 spiro atoms. The molecule has 2 rings (SSSR count). The van der Waals surface area contributed by atoms with Gasteiger partial charge in [0.15, 0.2) is 0 Å². The van der Waals surface area contributed by atoms with Crippen LogP contribution in [0.5, 0.6) is 11.5 Å². The molecule has 2 aromatic rings. The highest BCUT2D eigenvalue weighted by Crippen LogP contribution is 2.31. The minimum Gasteiger partial charge on any atom is -0.458 e. The van der Waals surface area contributed by atoms with Gasteiger partial charge >= 0.3 is 13.7 Å². The van der Waals surface area contributed by atoms with Gasteiger partial charge in [-0.1, -0.05) is 18.2 Å². The van der Waals surface area contributed by atoms with Crippen LogP contribution in [-0.2, 0) is 6.18 Å². The average Bonchev–Trinajstić information content (AvgIpc) is 2.39. The highest BCUT2D eigenvalue weighted by atomic mass is 19.4. The first-order valence-corrected chi connectivity index (χ1v) is 5.42. The van der Waals surface area contributed by atoms with E-state index in [-0.39, 0.29) is 5.75 Å². The summed E-state index contributed by atoms with van der Waals surface area (Å²) in [7, 11) is 0.874. The topological polar surface area (TPSA) is 29.5 Å². The summed E-state index contributed by atoms with van der Waals surface area (Å²) in [5, 5.41) is 8.99. The first-order valence-electron chi connectivity index (χ1n) is 5.42. The largest absolute Gasteiger partial charge is 0.458 e. The van der Waals surface area contributed by atoms with Crippen molar-refractivity contribution in [3.63, 3.8) is 0 Å². The lowest BCUT2D eigenvalue weighted by Gasteiger charge is -2.10. The van der Waals surface area contributed by atoms with Gasteiger partial charge < -0.3 is 9.76 Å². The standard InChI is InChI=1S/C13H9BF3O2/c15-13(16,17)9-5-7-10(8-6-9)19-12-4-2-1-3-11(12)14-18/h1-8,18H. The van der Waals surface area contributed by atoms with Crippen LogP contribution in [0.15, 0.2) is 48.5 Å². The summed E-state index contributed by atoms with van der Waals surface area (Å²) in [6.07, 6.45) is -4.37. The van der Waals surface area contributed by atoms with Crippen LogP contribution in [0, 0.1) is 0 Å². The zero-order valence-corrected chi connectivity index (χ0v) is 9.69. The lowest BCUT2D eigenvalue weighted by atomic mass is 9.88. The molecule has 0 aromatic heterocycles. The lowest BCUT2D eigenvalue weighted by Crippen LogP contribution is -2.15. The minimum absolute atomic E-state index is 0.266. The van der Waals surface area contributed by atoms with Gasteiger partial charge in [0.1, 0.15) is 11.5 Å². The van der Waals surface area contributed by atoms with E-state index >= 15 is 0 Å². The smallest absolute Gasteiger partial charge is 0.416 e. The maximum atomic E-state index is 12.4. The van der Waals surface area contributed by atoms with Crippen molar-refractivity contribution < 1.29 is 22.9 Å². The van der Waals surface area contributed by atoms with Crippen LogP contribution in [0.25, 0.3) is 0 Å². The van der Waals surface area contributed by atoms with Crippen molar-refractivity contribution in [1.29, 1.82) is 0 Å². The van der Waals surface area contributed by atoms with Crippen molar-refractivity contribution in [2.45, 2.75) is 6.18 Å². The molecule has 0 fully saturated rings. The Bertz CT molecular complexity index is 553. The first kappa shape index (κ1) is 13.5. The number of alkyl halides is 3. The molecule has 1 N–H and O–H groups in total. The Kier molecular flexibility index (Phi) is 3.80. The fourth-order valence-corrected chi connectivity index (χ4v) is 1.52. The fraction of sp³-hybridized carbons (Fsp3) is 0.0769. The molecule has 0 aliphatic carbocycles. The predicted molar refractivity (Wildman–Crippen MR) is 65.6 cm³/mol. The predicted octanol–water partition coefficient (Wildman–Crippen LogP) is 2.73. The van der Waals surface area contributed by atoms with E-state index in [0.29, 0.717) is 11.2 Å². The van der Waals surface area contributed by atoms with Gasteiger partial charge in [-0.05, 0) is 35.8 Å². The van der Waals surface area contributed by atoms with Crippen molar-refractivity contribution in [3.8, 4) is 11.5 Å². The van der Waals surface area contributed by atoms with E-state index in [1.165, 1.54) is 12.1 Å². The van der Waals surface area contributed by atoms with E-state index in [1.54, 1.807) is 24.3 Å². The fourth-order valence-electron chi connectivity index (χ4n) is 1.52. The molecule has 0 saturated carbocycles. The molecule has 19 heavy (non-hydrogen) atoms. The van der Waals surface area contributed by atoms with E-state index in [9.17, 15) is 13.2 Å². The molecule has 1 radical (unpaired) electrons. The van der Waals surface area contributed by atoms with Gasteiger partial charge in [0.05, 0.1) is 5.56 Å². The second-order valence-electron chi connectivity index (χ2n) is 3.79. The van der Waals surface area contributed by atoms with Crippen LogP contribution in [0.1, 0.15) is 5.56 Å². The molecule has 2 aromatic carbocycles. The summed E-state index contributed by atoms with van der Waals surface area (Å²) in [4.78, 5) is 0. The summed E-state index contributed by atoms with van der Waals surface area (Å²) < 4.78 is 42.6. The van der Waals surface area contributed by atoms with Crippen LogP contribution >= 0.6 is 0 Å². The third kappa shape index (κ3) is 3.29. The molecule has 0 saturated heterocycles. The van der Waals surface area contributed by atoms with E-state index in [4.69, 9.17) is 9.76 Å². The van der Waals surface area contributed by atoms with E-state index in [1.807, 2.05) is 0 Å². The van der Waals surface area contributed by atoms with Crippen LogP contribution in [-0.4, -0.2) is 12.5 Å². The summed E-state index contributed by atoms with van der Waals surface area (Å²) in [6.45, 7) is 0. The number of ether oxygens (including phenoxy) is 1. The lowest BCUT2D eigenvalue weighted by molar-refractivity contribution is -0.137. The summed E-state index contributed by atoms with van der Waals surface area (Å²) in [6, 6.07) is 11.0. The highest BCUT2D eigenvalue weighted by Gasteiger charge is 2.30. The van der Waals surface area contributed by atoms with Gasteiger partial charge in [0.2, 0.25) is 0 Å². The molecule has 0 aliphatic heterocycles. The molecule has 0 bridgehead atoms. The molecule has 2 nitrogen and oxygen atoms in total. The molecule has 0 aliphatic rings. The van der Waals surface area contributed by atoms with Crippen molar-refractivity contribution in [3.05, 3.63) is 54.1 Å². The highest BCUT2D eigenvalue weighted by molar-refractivity contribution is 6.46. The number of hydrogen-bond donors (Lipinski definition) is 1. The minimum atomic E-state index is -4.37. The van der Waals surface area contributed by atoms with Crippen LogP contribution in [0.2, 0.25) is 0 Å². The molecule has 0 amide bonds. The van der Waals surface area contributed by atoms with E-state index in [0.717, 1.165) is 19.6 Å². The molecule has 0 unspecified atom stereocenters. The molecular formula is C13H9BF3O2. The maximum absolute atomic E-state index is 12.4. The van der Waals surface area contributed by atoms with Gasteiger partial charge in [0, 0.05) is 0 Å². The zero-order chi connectivity index (χ0) is 13.9. The van der Waals surface area contributed by atoms with Gasteiger partial charge in [0.25, 0.3) is 0 Å². The Morgan fingerprint density at radius 1 is 0.947 bits per heavy atom. The molecule has 97 valence electrons. The number of rotatable bonds is 3. The van der Waals surface area contributed by atoms with Gasteiger partial charge in [-0.25, -0.2) is 0 Å². The molecule has 0 heterocycles. The normalized spacial score (nSPS) is 11.2. The third-order valence-corrected chi connectivity index (χ3v) is 2.47. The zero-order valence-electron chi connectivity index (χ0n) is 9.69. The van der Waals surface area contributed by atoms with Crippen molar-refractivity contribution in [2.24, 2.45) is 0 Å². The number of halogens is 3. The number of benzene rings is 2. The summed E-state index contributed by atoms with van der Waals surface area (Å²) in [5.74, 6) is 0.632. The van der Waals surface area contributed by atoms with Crippen LogP contribution in [0.3, 0.4) is 0 Å². The van der Waals surface area contributed by atoms with E-state index < -0.39 is 11.7 Å². The van der Waals surface area contributed by atoms with Gasteiger partial charge in [-0.15, -0.1) is 0 Å². The van der Waals surface area contributed by atoms with Crippen molar-refractivity contribution >= 4 is 12.9 Å². The molecule has 6 heteroatoms. The van der Waals surface area contributed by atoms with E-state index in [2.05, 4.69) is 0 Å². The Morgan fingerprint density at radius 3 is 2.16 bits per heavy atom. The maximum Gasteiger partial charge on any atom is 0.416 e. The third-order valence-electron chi connectivity index (χ3n) is 2.47. The average molecular weight is 265 g/mol. The Morgan fingerprint density at radius 2 is 1.58 bits per heavy atom. The summed E-state index contributed by atoms with van der Waals surface area (Å²) in [5.41, 5.74) is -0.288. The SMILES string of the molecule is O[B]c1ccccc1Oc1ccc(C(F)(F)F)cc1. The molecular weight excluding hydrogens is 256 g/mol. The second kappa shape index (κ2) is 5.36. The number of para-hydroxylation sites is 1. The second-order valence-corrected chi connectivity index (χ2v) is 3.79. The van der Waals surface area contributed by atoms with Crippen molar-refractivity contribution in [1.82, 2.24) is 0 Å². The molecule has 0 atom stereocenters. The number of hydrogen-bond acceptors (Lipinski definition) is 2. The monoisotopic (exact) mass is 265 g/mol. The van der Waals surface area contributed by atoms with Gasteiger partial charge in [-0.3, -0.25) is 0 Å². The Balaban J connectivity index is 2.20. The Labute approximate surface area is 108 Å². The summed E-state index contributed by atoms with van der Waals surface area (Å²) >= 11 is 0. The van der Waals surface area contributed by atoms with Gasteiger partial charge in [-0.2, -0.15) is 13.2 Å². The van der Waals surface area contributed by atoms with Crippen LogP contribution in [0.4, 0.5) is 13.2 Å². The van der Waals surface area contributed by atoms with Crippen LogP contribution < -0.4 is 10.2 Å².